The van der Waals surface area contributed by atoms with E-state index in [1.165, 1.54) is 4.90 Å². The van der Waals surface area contributed by atoms with Crippen LogP contribution in [0.4, 0.5) is 4.79 Å². The van der Waals surface area contributed by atoms with Gasteiger partial charge >= 0.3 is 12.0 Å². The molecule has 1 atom stereocenters. The third-order valence-corrected chi connectivity index (χ3v) is 2.77. The summed E-state index contributed by atoms with van der Waals surface area (Å²) in [5, 5.41) is 11.9. The van der Waals surface area contributed by atoms with Gasteiger partial charge in [-0.05, 0) is 12.0 Å². The van der Waals surface area contributed by atoms with Crippen LogP contribution in [0.1, 0.15) is 18.0 Å². The van der Waals surface area contributed by atoms with Gasteiger partial charge in [0, 0.05) is 13.1 Å². The molecule has 1 saturated heterocycles. The minimum Gasteiger partial charge on any atom is -0.479 e. The highest BCUT2D eigenvalue weighted by atomic mass is 16.4. The van der Waals surface area contributed by atoms with Crippen molar-refractivity contribution < 1.29 is 14.7 Å². The SMILES string of the molecule is O=C(O)C(c1ccccc1)N1CCCNC1=O. The molecule has 0 bridgehead atoms. The third kappa shape index (κ3) is 2.38. The number of nitrogens with zero attached hydrogens (tertiary/aromatic N) is 1. The fourth-order valence-corrected chi connectivity index (χ4v) is 1.99. The molecule has 0 aromatic heterocycles. The maximum atomic E-state index is 11.7. The molecule has 90 valence electrons. The van der Waals surface area contributed by atoms with Crippen LogP contribution in [-0.4, -0.2) is 35.1 Å². The Morgan fingerprint density at radius 2 is 2.06 bits per heavy atom. The molecular formula is C12H14N2O3. The van der Waals surface area contributed by atoms with Crippen LogP contribution in [0.5, 0.6) is 0 Å². The van der Waals surface area contributed by atoms with Crippen LogP contribution in [0.15, 0.2) is 30.3 Å². The highest BCUT2D eigenvalue weighted by molar-refractivity contribution is 5.84. The molecule has 1 unspecified atom stereocenters. The van der Waals surface area contributed by atoms with E-state index in [9.17, 15) is 14.7 Å². The zero-order valence-corrected chi connectivity index (χ0v) is 9.30. The van der Waals surface area contributed by atoms with Crippen molar-refractivity contribution in [2.45, 2.75) is 12.5 Å². The second-order valence-electron chi connectivity index (χ2n) is 3.93. The van der Waals surface area contributed by atoms with Crippen molar-refractivity contribution >= 4 is 12.0 Å². The number of rotatable bonds is 3. The molecule has 2 N–H and O–H groups in total. The van der Waals surface area contributed by atoms with Gasteiger partial charge in [0.2, 0.25) is 0 Å². The summed E-state index contributed by atoms with van der Waals surface area (Å²) in [5.41, 5.74) is 0.622. The largest absolute Gasteiger partial charge is 0.479 e. The van der Waals surface area contributed by atoms with Crippen molar-refractivity contribution in [3.63, 3.8) is 0 Å². The molecule has 1 aromatic carbocycles. The standard InChI is InChI=1S/C12H14N2O3/c15-11(16)10(9-5-2-1-3-6-9)14-8-4-7-13-12(14)17/h1-3,5-6,10H,4,7-8H2,(H,13,17)(H,15,16). The van der Waals surface area contributed by atoms with Crippen molar-refractivity contribution in [2.24, 2.45) is 0 Å². The Kier molecular flexibility index (Phi) is 3.27. The lowest BCUT2D eigenvalue weighted by molar-refractivity contribution is -0.142. The number of hydrogen-bond donors (Lipinski definition) is 2. The molecular weight excluding hydrogens is 220 g/mol. The molecule has 2 rings (SSSR count). The van der Waals surface area contributed by atoms with E-state index in [0.717, 1.165) is 6.42 Å². The lowest BCUT2D eigenvalue weighted by Gasteiger charge is -2.32. The van der Waals surface area contributed by atoms with E-state index < -0.39 is 12.0 Å². The minimum atomic E-state index is -1.01. The monoisotopic (exact) mass is 234 g/mol. The van der Waals surface area contributed by atoms with Crippen molar-refractivity contribution in [1.82, 2.24) is 10.2 Å². The van der Waals surface area contributed by atoms with E-state index in [2.05, 4.69) is 5.32 Å². The first kappa shape index (κ1) is 11.4. The Labute approximate surface area is 99.0 Å². The number of carbonyl (C=O) groups excluding carboxylic acids is 1. The summed E-state index contributed by atoms with van der Waals surface area (Å²) < 4.78 is 0. The lowest BCUT2D eigenvalue weighted by atomic mass is 10.0. The molecule has 1 heterocycles. The van der Waals surface area contributed by atoms with Gasteiger partial charge in [0.15, 0.2) is 6.04 Å². The van der Waals surface area contributed by atoms with Crippen LogP contribution in [0.3, 0.4) is 0 Å². The highest BCUT2D eigenvalue weighted by Gasteiger charge is 2.32. The number of hydrogen-bond acceptors (Lipinski definition) is 2. The van der Waals surface area contributed by atoms with Gasteiger partial charge < -0.3 is 15.3 Å². The van der Waals surface area contributed by atoms with Crippen molar-refractivity contribution in [3.8, 4) is 0 Å². The average molecular weight is 234 g/mol. The summed E-state index contributed by atoms with van der Waals surface area (Å²) in [6.07, 6.45) is 0.766. The summed E-state index contributed by atoms with van der Waals surface area (Å²) >= 11 is 0. The predicted octanol–water partition coefficient (Wildman–Crippen LogP) is 1.23. The molecule has 0 aliphatic carbocycles. The second-order valence-corrected chi connectivity index (χ2v) is 3.93. The fourth-order valence-electron chi connectivity index (χ4n) is 1.99. The maximum absolute atomic E-state index is 11.7. The molecule has 1 aromatic rings. The molecule has 5 heteroatoms. The Morgan fingerprint density at radius 1 is 1.35 bits per heavy atom. The summed E-state index contributed by atoms with van der Waals surface area (Å²) in [4.78, 5) is 24.4. The number of nitrogens with one attached hydrogen (secondary N) is 1. The normalized spacial score (nSPS) is 17.4. The van der Waals surface area contributed by atoms with Gasteiger partial charge in [-0.2, -0.15) is 0 Å². The van der Waals surface area contributed by atoms with Crippen molar-refractivity contribution in [1.29, 1.82) is 0 Å². The van der Waals surface area contributed by atoms with E-state index in [1.54, 1.807) is 24.3 Å². The van der Waals surface area contributed by atoms with Crippen LogP contribution in [0, 0.1) is 0 Å². The van der Waals surface area contributed by atoms with Gasteiger partial charge in [0.25, 0.3) is 0 Å². The molecule has 0 radical (unpaired) electrons. The Hall–Kier alpha value is -2.04. The van der Waals surface area contributed by atoms with E-state index in [-0.39, 0.29) is 6.03 Å². The molecule has 0 saturated carbocycles. The fraction of sp³-hybridized carbons (Fsp3) is 0.333. The Bertz CT molecular complexity index is 419. The third-order valence-electron chi connectivity index (χ3n) is 2.77. The lowest BCUT2D eigenvalue weighted by Crippen LogP contribution is -2.49. The van der Waals surface area contributed by atoms with Crippen molar-refractivity contribution in [2.75, 3.05) is 13.1 Å². The van der Waals surface area contributed by atoms with E-state index >= 15 is 0 Å². The van der Waals surface area contributed by atoms with Crippen LogP contribution >= 0.6 is 0 Å². The first-order valence-corrected chi connectivity index (χ1v) is 5.52. The number of carbonyl (C=O) groups is 2. The van der Waals surface area contributed by atoms with Crippen LogP contribution < -0.4 is 5.32 Å². The molecule has 0 spiro atoms. The number of benzene rings is 1. The Balaban J connectivity index is 2.29. The Morgan fingerprint density at radius 3 is 2.65 bits per heavy atom. The van der Waals surface area contributed by atoms with Crippen LogP contribution in [0.25, 0.3) is 0 Å². The van der Waals surface area contributed by atoms with Gasteiger partial charge in [-0.1, -0.05) is 30.3 Å². The number of urea groups is 1. The van der Waals surface area contributed by atoms with Gasteiger partial charge in [-0.25, -0.2) is 9.59 Å². The van der Waals surface area contributed by atoms with E-state index in [0.29, 0.717) is 18.7 Å². The van der Waals surface area contributed by atoms with Gasteiger partial charge in [-0.15, -0.1) is 0 Å². The van der Waals surface area contributed by atoms with E-state index in [1.807, 2.05) is 6.07 Å². The van der Waals surface area contributed by atoms with Crippen LogP contribution in [0.2, 0.25) is 0 Å². The number of aliphatic carboxylic acids is 1. The molecule has 17 heavy (non-hydrogen) atoms. The summed E-state index contributed by atoms with van der Waals surface area (Å²) in [7, 11) is 0. The number of carboxylic acid groups (broad SMARTS) is 1. The molecule has 1 aliphatic heterocycles. The minimum absolute atomic E-state index is 0.312. The molecule has 2 amide bonds. The maximum Gasteiger partial charge on any atom is 0.331 e. The summed E-state index contributed by atoms with van der Waals surface area (Å²) in [5.74, 6) is -1.01. The number of amides is 2. The number of carboxylic acids is 1. The second kappa shape index (κ2) is 4.86. The zero-order valence-electron chi connectivity index (χ0n) is 9.30. The molecule has 1 aliphatic rings. The zero-order chi connectivity index (χ0) is 12.3. The van der Waals surface area contributed by atoms with Crippen LogP contribution in [-0.2, 0) is 4.79 Å². The van der Waals surface area contributed by atoms with Crippen molar-refractivity contribution in [3.05, 3.63) is 35.9 Å². The van der Waals surface area contributed by atoms with Gasteiger partial charge in [0.1, 0.15) is 0 Å². The first-order chi connectivity index (χ1) is 8.20. The highest BCUT2D eigenvalue weighted by Crippen LogP contribution is 2.22. The van der Waals surface area contributed by atoms with E-state index in [4.69, 9.17) is 0 Å². The predicted molar refractivity (Wildman–Crippen MR) is 61.5 cm³/mol. The molecule has 5 nitrogen and oxygen atoms in total. The topological polar surface area (TPSA) is 69.6 Å². The average Bonchev–Trinajstić information content (AvgIpc) is 2.33. The summed E-state index contributed by atoms with van der Waals surface area (Å²) in [6, 6.07) is 7.59. The van der Waals surface area contributed by atoms with Gasteiger partial charge in [-0.3, -0.25) is 0 Å². The smallest absolute Gasteiger partial charge is 0.331 e. The first-order valence-electron chi connectivity index (χ1n) is 5.52. The molecule has 1 fully saturated rings. The summed E-state index contributed by atoms with van der Waals surface area (Å²) in [6.45, 7) is 1.08. The quantitative estimate of drug-likeness (QED) is 0.826. The van der Waals surface area contributed by atoms with Gasteiger partial charge in [0.05, 0.1) is 0 Å².